The van der Waals surface area contributed by atoms with Crippen LogP contribution in [0.25, 0.3) is 0 Å². The Bertz CT molecular complexity index is 329. The normalized spacial score (nSPS) is 19.8. The number of carbonyl (C=O) groups excluding carboxylic acids is 1. The van der Waals surface area contributed by atoms with E-state index in [1.807, 2.05) is 0 Å². The molecule has 1 aliphatic heterocycles. The van der Waals surface area contributed by atoms with E-state index in [0.29, 0.717) is 19.4 Å². The molecule has 0 spiro atoms. The number of hydrogen-bond donors (Lipinski definition) is 2. The van der Waals surface area contributed by atoms with Crippen LogP contribution in [0.5, 0.6) is 0 Å². The van der Waals surface area contributed by atoms with Crippen molar-refractivity contribution in [2.75, 3.05) is 26.3 Å². The maximum absolute atomic E-state index is 12.3. The van der Waals surface area contributed by atoms with E-state index in [0.717, 1.165) is 0 Å². The minimum absolute atomic E-state index is 0.219. The summed E-state index contributed by atoms with van der Waals surface area (Å²) in [6, 6.07) is -1.43. The Morgan fingerprint density at radius 3 is 2.58 bits per heavy atom. The number of carbonyl (C=O) groups is 2. The molecule has 9 heteroatoms. The highest BCUT2D eigenvalue weighted by molar-refractivity contribution is 5.80. The molecule has 0 radical (unpaired) electrons. The number of alkyl halides is 3. The maximum atomic E-state index is 12.3. The van der Waals surface area contributed by atoms with Crippen molar-refractivity contribution >= 4 is 12.0 Å². The van der Waals surface area contributed by atoms with Gasteiger partial charge in [-0.25, -0.2) is 4.79 Å². The zero-order valence-electron chi connectivity index (χ0n) is 10.1. The smallest absolute Gasteiger partial charge is 0.406 e. The van der Waals surface area contributed by atoms with Crippen LogP contribution in [0.1, 0.15) is 12.8 Å². The number of urea groups is 1. The van der Waals surface area contributed by atoms with Crippen LogP contribution in [-0.4, -0.2) is 60.5 Å². The van der Waals surface area contributed by atoms with Gasteiger partial charge in [0.25, 0.3) is 0 Å². The molecule has 1 fully saturated rings. The van der Waals surface area contributed by atoms with E-state index in [9.17, 15) is 22.8 Å². The summed E-state index contributed by atoms with van der Waals surface area (Å²) in [6.45, 7) is -1.83. The fraction of sp³-hybridized carbons (Fsp3) is 0.800. The molecule has 6 nitrogen and oxygen atoms in total. The second kappa shape index (κ2) is 6.60. The average molecular weight is 284 g/mol. The highest BCUT2D eigenvalue weighted by Crippen LogP contribution is 2.16. The molecule has 0 aromatic carbocycles. The summed E-state index contributed by atoms with van der Waals surface area (Å²) >= 11 is 0. The third-order valence-electron chi connectivity index (χ3n) is 2.47. The molecule has 1 aliphatic rings. The molecule has 0 aromatic rings. The van der Waals surface area contributed by atoms with Crippen molar-refractivity contribution in [3.05, 3.63) is 0 Å². The van der Waals surface area contributed by atoms with Gasteiger partial charge in [-0.2, -0.15) is 13.2 Å². The van der Waals surface area contributed by atoms with Gasteiger partial charge in [-0.1, -0.05) is 0 Å². The summed E-state index contributed by atoms with van der Waals surface area (Å²) in [5, 5.41) is 10.9. The Hall–Kier alpha value is -1.51. The van der Waals surface area contributed by atoms with Crippen LogP contribution in [-0.2, 0) is 9.53 Å². The van der Waals surface area contributed by atoms with Crippen molar-refractivity contribution < 1.29 is 32.6 Å². The molecule has 0 aliphatic carbocycles. The first-order chi connectivity index (χ1) is 8.78. The Balaban J connectivity index is 2.56. The minimum atomic E-state index is -4.64. The van der Waals surface area contributed by atoms with Crippen LogP contribution in [0.4, 0.5) is 18.0 Å². The maximum Gasteiger partial charge on any atom is 0.406 e. The molecule has 0 saturated carbocycles. The molecule has 0 aromatic heterocycles. The van der Waals surface area contributed by atoms with E-state index in [-0.39, 0.29) is 17.5 Å². The molecule has 2 amide bonds. The number of nitrogens with one attached hydrogen (secondary N) is 1. The van der Waals surface area contributed by atoms with Crippen LogP contribution < -0.4 is 5.32 Å². The standard InChI is InChI=1S/C10H15F3N2O4/c11-10(12,13)6-15(4-8(16)17)9(18)14-7-2-1-3-19-5-7/h7H,1-6H2,(H,14,18)(H,16,17). The zero-order chi connectivity index (χ0) is 14.5. The van der Waals surface area contributed by atoms with Crippen LogP contribution in [0.15, 0.2) is 0 Å². The van der Waals surface area contributed by atoms with Gasteiger partial charge < -0.3 is 20.1 Å². The Kier molecular flexibility index (Phi) is 5.40. The van der Waals surface area contributed by atoms with Gasteiger partial charge in [0.05, 0.1) is 12.6 Å². The largest absolute Gasteiger partial charge is 0.480 e. The van der Waals surface area contributed by atoms with Gasteiger partial charge in [0.2, 0.25) is 0 Å². The molecule has 1 atom stereocenters. The quantitative estimate of drug-likeness (QED) is 0.801. The van der Waals surface area contributed by atoms with Gasteiger partial charge in [-0.05, 0) is 12.8 Å². The van der Waals surface area contributed by atoms with Crippen molar-refractivity contribution in [1.29, 1.82) is 0 Å². The summed E-state index contributed by atoms with van der Waals surface area (Å²) in [7, 11) is 0. The van der Waals surface area contributed by atoms with E-state index in [2.05, 4.69) is 5.32 Å². The van der Waals surface area contributed by atoms with E-state index in [4.69, 9.17) is 9.84 Å². The monoisotopic (exact) mass is 284 g/mol. The van der Waals surface area contributed by atoms with Crippen molar-refractivity contribution in [3.8, 4) is 0 Å². The predicted molar refractivity (Wildman–Crippen MR) is 57.6 cm³/mol. The lowest BCUT2D eigenvalue weighted by Gasteiger charge is -2.28. The first-order valence-corrected chi connectivity index (χ1v) is 5.69. The number of amides is 2. The lowest BCUT2D eigenvalue weighted by molar-refractivity contribution is -0.149. The fourth-order valence-electron chi connectivity index (χ4n) is 1.70. The molecule has 1 unspecified atom stereocenters. The number of rotatable bonds is 4. The third kappa shape index (κ3) is 6.27. The SMILES string of the molecule is O=C(O)CN(CC(F)(F)F)C(=O)NC1CCCOC1. The number of ether oxygens (including phenoxy) is 1. The summed E-state index contributed by atoms with van der Waals surface area (Å²) in [5.74, 6) is -1.50. The Morgan fingerprint density at radius 2 is 2.11 bits per heavy atom. The zero-order valence-corrected chi connectivity index (χ0v) is 10.1. The average Bonchev–Trinajstić information content (AvgIpc) is 2.27. The highest BCUT2D eigenvalue weighted by atomic mass is 19.4. The van der Waals surface area contributed by atoms with Gasteiger partial charge >= 0.3 is 18.2 Å². The molecule has 19 heavy (non-hydrogen) atoms. The second-order valence-corrected chi connectivity index (χ2v) is 4.23. The molecule has 110 valence electrons. The number of hydrogen-bond acceptors (Lipinski definition) is 3. The van der Waals surface area contributed by atoms with Gasteiger partial charge in [0, 0.05) is 6.61 Å². The number of carboxylic acids is 1. The molecule has 1 heterocycles. The van der Waals surface area contributed by atoms with Gasteiger partial charge in [-0.15, -0.1) is 0 Å². The van der Waals surface area contributed by atoms with Crippen LogP contribution >= 0.6 is 0 Å². The number of carboxylic acid groups (broad SMARTS) is 1. The lowest BCUT2D eigenvalue weighted by atomic mass is 10.1. The van der Waals surface area contributed by atoms with E-state index >= 15 is 0 Å². The number of halogens is 3. The van der Waals surface area contributed by atoms with Crippen molar-refractivity contribution in [3.63, 3.8) is 0 Å². The van der Waals surface area contributed by atoms with Gasteiger partial charge in [-0.3, -0.25) is 4.79 Å². The lowest BCUT2D eigenvalue weighted by Crippen LogP contribution is -2.51. The van der Waals surface area contributed by atoms with Crippen molar-refractivity contribution in [1.82, 2.24) is 10.2 Å². The minimum Gasteiger partial charge on any atom is -0.480 e. The molecular formula is C10H15F3N2O4. The predicted octanol–water partition coefficient (Wildman–Crippen LogP) is 0.824. The van der Waals surface area contributed by atoms with E-state index in [1.54, 1.807) is 0 Å². The molecule has 2 N–H and O–H groups in total. The van der Waals surface area contributed by atoms with Crippen molar-refractivity contribution in [2.24, 2.45) is 0 Å². The summed E-state index contributed by atoms with van der Waals surface area (Å²) in [6.07, 6.45) is -3.35. The van der Waals surface area contributed by atoms with Crippen LogP contribution in [0.2, 0.25) is 0 Å². The first-order valence-electron chi connectivity index (χ1n) is 5.69. The van der Waals surface area contributed by atoms with Crippen LogP contribution in [0, 0.1) is 0 Å². The Labute approximate surface area is 107 Å². The van der Waals surface area contributed by atoms with Crippen molar-refractivity contribution in [2.45, 2.75) is 25.1 Å². The molecule has 1 saturated heterocycles. The summed E-state index contributed by atoms with van der Waals surface area (Å²) in [4.78, 5) is 22.3. The number of nitrogens with zero attached hydrogens (tertiary/aromatic N) is 1. The van der Waals surface area contributed by atoms with Gasteiger partial charge in [0.15, 0.2) is 0 Å². The topological polar surface area (TPSA) is 78.9 Å². The van der Waals surface area contributed by atoms with E-state index in [1.165, 1.54) is 0 Å². The van der Waals surface area contributed by atoms with Gasteiger partial charge in [0.1, 0.15) is 13.1 Å². The number of aliphatic carboxylic acids is 1. The molecular weight excluding hydrogens is 269 g/mol. The van der Waals surface area contributed by atoms with Crippen LogP contribution in [0.3, 0.4) is 0 Å². The third-order valence-corrected chi connectivity index (χ3v) is 2.47. The summed E-state index contributed by atoms with van der Waals surface area (Å²) in [5.41, 5.74) is 0. The first kappa shape index (κ1) is 15.5. The highest BCUT2D eigenvalue weighted by Gasteiger charge is 2.34. The second-order valence-electron chi connectivity index (χ2n) is 4.23. The Morgan fingerprint density at radius 1 is 1.42 bits per heavy atom. The molecule has 1 rings (SSSR count). The fourth-order valence-corrected chi connectivity index (χ4v) is 1.70. The molecule has 0 bridgehead atoms. The summed E-state index contributed by atoms with van der Waals surface area (Å²) < 4.78 is 41.8. The van der Waals surface area contributed by atoms with E-state index < -0.39 is 31.3 Å².